The summed E-state index contributed by atoms with van der Waals surface area (Å²) in [4.78, 5) is 2.31. The van der Waals surface area contributed by atoms with Gasteiger partial charge in [-0.05, 0) is 38.8 Å². The third-order valence-electron chi connectivity index (χ3n) is 3.56. The Morgan fingerprint density at radius 3 is 2.05 bits per heavy atom. The van der Waals surface area contributed by atoms with E-state index >= 15 is 0 Å². The highest BCUT2D eigenvalue weighted by molar-refractivity contribution is 5.61. The molecule has 0 heterocycles. The number of nitrogens with zero attached hydrogens (tertiary/aromatic N) is 1. The molecule has 3 nitrogen and oxygen atoms in total. The molecule has 0 bridgehead atoms. The molecule has 0 aromatic heterocycles. The highest BCUT2D eigenvalue weighted by atomic mass is 16.5. The molecule has 0 aliphatic heterocycles. The van der Waals surface area contributed by atoms with Crippen molar-refractivity contribution < 1.29 is 9.47 Å². The molecule has 1 rings (SSSR count). The van der Waals surface area contributed by atoms with Crippen molar-refractivity contribution in [2.24, 2.45) is 0 Å². The van der Waals surface area contributed by atoms with Crippen molar-refractivity contribution >= 4 is 5.69 Å². The molecule has 0 aliphatic carbocycles. The lowest BCUT2D eigenvalue weighted by Gasteiger charge is -2.24. The lowest BCUT2D eigenvalue weighted by atomic mass is 10.2. The lowest BCUT2D eigenvalue weighted by Crippen LogP contribution is -2.22. The van der Waals surface area contributed by atoms with Gasteiger partial charge in [0.2, 0.25) is 0 Å². The third-order valence-corrected chi connectivity index (χ3v) is 3.56. The van der Waals surface area contributed by atoms with Crippen molar-refractivity contribution in [1.82, 2.24) is 0 Å². The van der Waals surface area contributed by atoms with E-state index < -0.39 is 0 Å². The molecule has 0 atom stereocenters. The van der Waals surface area contributed by atoms with E-state index in [4.69, 9.17) is 9.47 Å². The van der Waals surface area contributed by atoms with Gasteiger partial charge >= 0.3 is 0 Å². The fourth-order valence-corrected chi connectivity index (χ4v) is 2.18. The van der Waals surface area contributed by atoms with E-state index in [-0.39, 0.29) is 0 Å². The first-order chi connectivity index (χ1) is 10.3. The first-order valence-electron chi connectivity index (χ1n) is 8.41. The normalized spacial score (nSPS) is 10.5. The van der Waals surface area contributed by atoms with Gasteiger partial charge < -0.3 is 14.4 Å². The summed E-state index contributed by atoms with van der Waals surface area (Å²) in [6, 6.07) is 6.18. The Labute approximate surface area is 130 Å². The van der Waals surface area contributed by atoms with Gasteiger partial charge in [0, 0.05) is 19.2 Å². The van der Waals surface area contributed by atoms with Crippen LogP contribution in [0.1, 0.15) is 53.4 Å². The fourth-order valence-electron chi connectivity index (χ4n) is 2.18. The van der Waals surface area contributed by atoms with Crippen LogP contribution in [-0.4, -0.2) is 26.3 Å². The molecule has 0 fully saturated rings. The number of unbranched alkanes of at least 4 members (excludes halogenated alkanes) is 2. The monoisotopic (exact) mass is 293 g/mol. The smallest absolute Gasteiger partial charge is 0.142 e. The van der Waals surface area contributed by atoms with E-state index in [1.807, 2.05) is 12.1 Å². The number of ether oxygens (including phenoxy) is 2. The van der Waals surface area contributed by atoms with Gasteiger partial charge in [-0.3, -0.25) is 0 Å². The Morgan fingerprint density at radius 2 is 1.48 bits per heavy atom. The molecule has 3 heteroatoms. The fraction of sp³-hybridized carbons (Fsp3) is 0.667. The van der Waals surface area contributed by atoms with Gasteiger partial charge in [-0.25, -0.2) is 0 Å². The highest BCUT2D eigenvalue weighted by Crippen LogP contribution is 2.32. The van der Waals surface area contributed by atoms with Crippen molar-refractivity contribution in [1.29, 1.82) is 0 Å². The molecule has 0 radical (unpaired) electrons. The first-order valence-corrected chi connectivity index (χ1v) is 8.41. The molecular formula is C18H31NO2. The van der Waals surface area contributed by atoms with Crippen molar-refractivity contribution in [2.45, 2.75) is 53.4 Å². The largest absolute Gasteiger partial charge is 0.494 e. The second-order valence-corrected chi connectivity index (χ2v) is 5.21. The predicted octanol–water partition coefficient (Wildman–Crippen LogP) is 4.89. The molecule has 0 N–H and O–H groups in total. The molecule has 1 aromatic rings. The quantitative estimate of drug-likeness (QED) is 0.542. The van der Waals surface area contributed by atoms with Crippen LogP contribution in [0.25, 0.3) is 0 Å². The Kier molecular flexibility index (Phi) is 8.72. The summed E-state index contributed by atoms with van der Waals surface area (Å²) in [5, 5.41) is 0. The van der Waals surface area contributed by atoms with E-state index in [0.29, 0.717) is 0 Å². The minimum absolute atomic E-state index is 0.779. The number of anilines is 1. The Hall–Kier alpha value is -1.38. The number of rotatable bonds is 11. The summed E-state index contributed by atoms with van der Waals surface area (Å²) in [6.07, 6.45) is 4.49. The molecule has 120 valence electrons. The molecule has 0 saturated carbocycles. The Balaban J connectivity index is 2.85. The van der Waals surface area contributed by atoms with Crippen molar-refractivity contribution in [3.63, 3.8) is 0 Å². The van der Waals surface area contributed by atoms with Crippen LogP contribution in [0.15, 0.2) is 18.2 Å². The van der Waals surface area contributed by atoms with Crippen molar-refractivity contribution in [2.75, 3.05) is 31.2 Å². The summed E-state index contributed by atoms with van der Waals surface area (Å²) in [5.41, 5.74) is 1.14. The maximum Gasteiger partial charge on any atom is 0.142 e. The Bertz CT molecular complexity index is 389. The maximum absolute atomic E-state index is 5.95. The minimum Gasteiger partial charge on any atom is -0.494 e. The van der Waals surface area contributed by atoms with Crippen LogP contribution in [0, 0.1) is 0 Å². The van der Waals surface area contributed by atoms with Crippen LogP contribution in [0.3, 0.4) is 0 Å². The number of benzene rings is 1. The van der Waals surface area contributed by atoms with Gasteiger partial charge in [0.25, 0.3) is 0 Å². The molecule has 0 saturated heterocycles. The van der Waals surface area contributed by atoms with Gasteiger partial charge in [-0.2, -0.15) is 0 Å². The minimum atomic E-state index is 0.779. The van der Waals surface area contributed by atoms with Crippen LogP contribution in [0.4, 0.5) is 5.69 Å². The molecule has 0 unspecified atom stereocenters. The number of hydrogen-bond donors (Lipinski definition) is 0. The van der Waals surface area contributed by atoms with Crippen LogP contribution >= 0.6 is 0 Å². The standard InChI is InChI=1S/C18H31NO2/c1-5-9-13-20-16-11-12-18(21-14-10-6-2)17(15-16)19(7-3)8-4/h11-12,15H,5-10,13-14H2,1-4H3. The molecular weight excluding hydrogens is 262 g/mol. The summed E-state index contributed by atoms with van der Waals surface area (Å²) in [6.45, 7) is 12.2. The van der Waals surface area contributed by atoms with E-state index in [0.717, 1.165) is 69.2 Å². The topological polar surface area (TPSA) is 21.7 Å². The second kappa shape index (κ2) is 10.4. The highest BCUT2D eigenvalue weighted by Gasteiger charge is 2.11. The molecule has 0 spiro atoms. The molecule has 21 heavy (non-hydrogen) atoms. The van der Waals surface area contributed by atoms with E-state index in [9.17, 15) is 0 Å². The van der Waals surface area contributed by atoms with Crippen LogP contribution < -0.4 is 14.4 Å². The number of hydrogen-bond acceptors (Lipinski definition) is 3. The van der Waals surface area contributed by atoms with Gasteiger partial charge in [-0.15, -0.1) is 0 Å². The zero-order valence-corrected chi connectivity index (χ0v) is 14.2. The summed E-state index contributed by atoms with van der Waals surface area (Å²) in [5.74, 6) is 1.91. The predicted molar refractivity (Wildman–Crippen MR) is 90.8 cm³/mol. The van der Waals surface area contributed by atoms with E-state index in [2.05, 4.69) is 38.7 Å². The maximum atomic E-state index is 5.95. The SMILES string of the molecule is CCCCOc1ccc(OCCCC)c(N(CC)CC)c1. The third kappa shape index (κ3) is 5.86. The first kappa shape index (κ1) is 17.7. The van der Waals surface area contributed by atoms with Crippen LogP contribution in [0.5, 0.6) is 11.5 Å². The average Bonchev–Trinajstić information content (AvgIpc) is 2.51. The zero-order valence-electron chi connectivity index (χ0n) is 14.2. The summed E-state index contributed by atoms with van der Waals surface area (Å²) >= 11 is 0. The lowest BCUT2D eigenvalue weighted by molar-refractivity contribution is 0.301. The van der Waals surface area contributed by atoms with Gasteiger partial charge in [-0.1, -0.05) is 26.7 Å². The van der Waals surface area contributed by atoms with Gasteiger partial charge in [0.05, 0.1) is 18.9 Å². The molecule has 0 aliphatic rings. The van der Waals surface area contributed by atoms with E-state index in [1.54, 1.807) is 0 Å². The second-order valence-electron chi connectivity index (χ2n) is 5.21. The molecule has 0 amide bonds. The van der Waals surface area contributed by atoms with E-state index in [1.165, 1.54) is 0 Å². The van der Waals surface area contributed by atoms with Crippen LogP contribution in [-0.2, 0) is 0 Å². The Morgan fingerprint density at radius 1 is 0.857 bits per heavy atom. The van der Waals surface area contributed by atoms with Gasteiger partial charge in [0.15, 0.2) is 0 Å². The average molecular weight is 293 g/mol. The van der Waals surface area contributed by atoms with Crippen molar-refractivity contribution in [3.05, 3.63) is 18.2 Å². The van der Waals surface area contributed by atoms with Crippen molar-refractivity contribution in [3.8, 4) is 11.5 Å². The van der Waals surface area contributed by atoms with Crippen LogP contribution in [0.2, 0.25) is 0 Å². The summed E-state index contributed by atoms with van der Waals surface area (Å²) < 4.78 is 11.8. The molecule has 1 aromatic carbocycles. The zero-order chi connectivity index (χ0) is 15.5. The summed E-state index contributed by atoms with van der Waals surface area (Å²) in [7, 11) is 0. The van der Waals surface area contributed by atoms with Gasteiger partial charge in [0.1, 0.15) is 11.5 Å².